The van der Waals surface area contributed by atoms with E-state index in [2.05, 4.69) is 10.3 Å². The Morgan fingerprint density at radius 3 is 2.32 bits per heavy atom. The highest BCUT2D eigenvalue weighted by atomic mass is 16.6. The maximum absolute atomic E-state index is 13.3. The smallest absolute Gasteiger partial charge is 0.301 e. The van der Waals surface area contributed by atoms with Gasteiger partial charge in [-0.2, -0.15) is 0 Å². The van der Waals surface area contributed by atoms with Gasteiger partial charge in [0.2, 0.25) is 0 Å². The van der Waals surface area contributed by atoms with Crippen molar-refractivity contribution in [2.24, 2.45) is 5.92 Å². The molecule has 0 bridgehead atoms. The minimum atomic E-state index is -0.711. The van der Waals surface area contributed by atoms with Crippen molar-refractivity contribution < 1.29 is 14.6 Å². The molecule has 4 rings (SSSR count). The average molecular weight is 418 g/mol. The van der Waals surface area contributed by atoms with Gasteiger partial charge in [-0.15, -0.1) is 0 Å². The summed E-state index contributed by atoms with van der Waals surface area (Å²) < 4.78 is 0. The van der Waals surface area contributed by atoms with Gasteiger partial charge in [0, 0.05) is 6.20 Å². The molecule has 1 N–H and O–H groups in total. The number of pyridine rings is 1. The number of nitrogens with one attached hydrogen (secondary N) is 1. The van der Waals surface area contributed by atoms with Crippen LogP contribution in [-0.2, 0) is 4.79 Å². The number of Topliss-reactive ketones (excluding diaryl/α,β-unsaturated/α-hetero) is 1. The molecule has 0 spiro atoms. The average Bonchev–Trinajstić information content (AvgIpc) is 2.97. The van der Waals surface area contributed by atoms with E-state index in [-0.39, 0.29) is 34.0 Å². The number of anilines is 1. The number of allylic oxidation sites excluding steroid dienone is 2. The van der Waals surface area contributed by atoms with Crippen molar-refractivity contribution in [1.29, 1.82) is 0 Å². The summed E-state index contributed by atoms with van der Waals surface area (Å²) in [7, 11) is 0. The van der Waals surface area contributed by atoms with Crippen molar-refractivity contribution >= 4 is 33.7 Å². The summed E-state index contributed by atoms with van der Waals surface area (Å²) in [5.74, 6) is -0.721. The molecule has 1 heterocycles. The van der Waals surface area contributed by atoms with Gasteiger partial charge < -0.3 is 5.32 Å². The van der Waals surface area contributed by atoms with Gasteiger partial charge >= 0.3 is 5.69 Å². The number of nitrogens with zero attached hydrogens (tertiary/aromatic N) is 3. The number of aromatic nitrogens is 1. The molecule has 2 aromatic carbocycles. The first kappa shape index (κ1) is 20.1. The van der Waals surface area contributed by atoms with E-state index in [0.717, 1.165) is 17.2 Å². The SMILES string of the molecule is CC1=C(Nc2c([N+](=O)[O-])cc([N+](=O)[O-])c3cccnc23)C(=O)C(c2ccccc2)C1C. The second-order valence-electron chi connectivity index (χ2n) is 7.43. The molecule has 156 valence electrons. The standard InChI is InChI=1S/C22H18N4O5/c1-12-13(2)19(22(27)18(12)14-7-4-3-5-8-14)24-21-17(26(30)31)11-16(25(28)29)15-9-6-10-23-20(15)21/h3-12,18,24H,1-2H3. The number of non-ortho nitro benzene ring substituents is 1. The van der Waals surface area contributed by atoms with E-state index in [9.17, 15) is 25.0 Å². The maximum Gasteiger partial charge on any atom is 0.301 e. The number of hydrogen-bond acceptors (Lipinski definition) is 7. The van der Waals surface area contributed by atoms with Gasteiger partial charge in [-0.3, -0.25) is 30.0 Å². The van der Waals surface area contributed by atoms with E-state index in [1.165, 1.54) is 18.3 Å². The fourth-order valence-corrected chi connectivity index (χ4v) is 4.07. The zero-order valence-corrected chi connectivity index (χ0v) is 16.7. The Bertz CT molecular complexity index is 1270. The third-order valence-corrected chi connectivity index (χ3v) is 5.76. The first-order valence-electron chi connectivity index (χ1n) is 9.58. The number of nitro groups is 2. The molecule has 2 unspecified atom stereocenters. The lowest BCUT2D eigenvalue weighted by Gasteiger charge is -2.15. The number of rotatable bonds is 5. The summed E-state index contributed by atoms with van der Waals surface area (Å²) in [6.07, 6.45) is 1.40. The molecular formula is C22H18N4O5. The summed E-state index contributed by atoms with van der Waals surface area (Å²) in [6.45, 7) is 3.74. The van der Waals surface area contributed by atoms with Gasteiger partial charge in [-0.05, 0) is 36.1 Å². The molecule has 1 aromatic heterocycles. The number of nitro benzene ring substituents is 2. The van der Waals surface area contributed by atoms with Crippen LogP contribution in [0.25, 0.3) is 10.9 Å². The molecule has 0 saturated heterocycles. The van der Waals surface area contributed by atoms with Crippen molar-refractivity contribution in [3.8, 4) is 0 Å². The van der Waals surface area contributed by atoms with Crippen LogP contribution in [0.2, 0.25) is 0 Å². The van der Waals surface area contributed by atoms with Crippen LogP contribution in [0.4, 0.5) is 17.1 Å². The van der Waals surface area contributed by atoms with Crippen LogP contribution in [0.15, 0.2) is 66.0 Å². The number of benzene rings is 2. The molecule has 31 heavy (non-hydrogen) atoms. The fourth-order valence-electron chi connectivity index (χ4n) is 4.07. The van der Waals surface area contributed by atoms with Crippen LogP contribution < -0.4 is 5.32 Å². The Kier molecular flexibility index (Phi) is 4.94. The van der Waals surface area contributed by atoms with Gasteiger partial charge in [-0.1, -0.05) is 37.3 Å². The zero-order chi connectivity index (χ0) is 22.3. The largest absolute Gasteiger partial charge is 0.345 e. The van der Waals surface area contributed by atoms with E-state index in [1.807, 2.05) is 37.3 Å². The summed E-state index contributed by atoms with van der Waals surface area (Å²) in [5, 5.41) is 26.3. The molecule has 0 amide bonds. The molecule has 0 radical (unpaired) electrons. The molecule has 1 aliphatic rings. The van der Waals surface area contributed by atoms with Crippen molar-refractivity contribution in [3.05, 3.63) is 91.8 Å². The molecule has 9 nitrogen and oxygen atoms in total. The van der Waals surface area contributed by atoms with Crippen LogP contribution in [-0.4, -0.2) is 20.6 Å². The van der Waals surface area contributed by atoms with Crippen LogP contribution in [0, 0.1) is 26.1 Å². The Balaban J connectivity index is 1.86. The van der Waals surface area contributed by atoms with Gasteiger partial charge in [0.1, 0.15) is 11.2 Å². The molecule has 0 fully saturated rings. The van der Waals surface area contributed by atoms with Gasteiger partial charge in [0.15, 0.2) is 5.78 Å². The second kappa shape index (κ2) is 7.60. The lowest BCUT2D eigenvalue weighted by Crippen LogP contribution is -2.17. The van der Waals surface area contributed by atoms with E-state index in [4.69, 9.17) is 0 Å². The Morgan fingerprint density at radius 2 is 1.68 bits per heavy atom. The molecule has 3 aromatic rings. The lowest BCUT2D eigenvalue weighted by molar-refractivity contribution is -0.392. The summed E-state index contributed by atoms with van der Waals surface area (Å²) in [4.78, 5) is 39.3. The van der Waals surface area contributed by atoms with Crippen molar-refractivity contribution in [2.45, 2.75) is 19.8 Å². The van der Waals surface area contributed by atoms with Crippen molar-refractivity contribution in [1.82, 2.24) is 4.98 Å². The zero-order valence-electron chi connectivity index (χ0n) is 16.7. The Morgan fingerprint density at radius 1 is 1.00 bits per heavy atom. The number of fused-ring (bicyclic) bond motifs is 1. The molecular weight excluding hydrogens is 400 g/mol. The topological polar surface area (TPSA) is 128 Å². The minimum absolute atomic E-state index is 0.0326. The third-order valence-electron chi connectivity index (χ3n) is 5.76. The highest BCUT2D eigenvalue weighted by Crippen LogP contribution is 2.44. The summed E-state index contributed by atoms with van der Waals surface area (Å²) >= 11 is 0. The minimum Gasteiger partial charge on any atom is -0.345 e. The van der Waals surface area contributed by atoms with Crippen LogP contribution >= 0.6 is 0 Å². The van der Waals surface area contributed by atoms with E-state index < -0.39 is 27.1 Å². The molecule has 1 aliphatic carbocycles. The van der Waals surface area contributed by atoms with E-state index in [0.29, 0.717) is 0 Å². The van der Waals surface area contributed by atoms with Gasteiger partial charge in [-0.25, -0.2) is 0 Å². The molecule has 2 atom stereocenters. The first-order chi connectivity index (χ1) is 14.8. The van der Waals surface area contributed by atoms with Crippen LogP contribution in [0.1, 0.15) is 25.3 Å². The van der Waals surface area contributed by atoms with Gasteiger partial charge in [0.05, 0.1) is 32.9 Å². The highest BCUT2D eigenvalue weighted by Gasteiger charge is 2.39. The second-order valence-corrected chi connectivity index (χ2v) is 7.43. The first-order valence-corrected chi connectivity index (χ1v) is 9.58. The van der Waals surface area contributed by atoms with Crippen molar-refractivity contribution in [2.75, 3.05) is 5.32 Å². The quantitative estimate of drug-likeness (QED) is 0.468. The molecule has 0 saturated carbocycles. The van der Waals surface area contributed by atoms with Crippen LogP contribution in [0.5, 0.6) is 0 Å². The number of carbonyl (C=O) groups excluding carboxylic acids is 1. The summed E-state index contributed by atoms with van der Waals surface area (Å²) in [6, 6.07) is 13.2. The normalized spacial score (nSPS) is 18.5. The molecule has 0 aliphatic heterocycles. The monoisotopic (exact) mass is 418 g/mol. The van der Waals surface area contributed by atoms with Gasteiger partial charge in [0.25, 0.3) is 5.69 Å². The van der Waals surface area contributed by atoms with E-state index in [1.54, 1.807) is 6.92 Å². The molecule has 9 heteroatoms. The Hall–Kier alpha value is -4.14. The third kappa shape index (κ3) is 3.29. The predicted molar refractivity (Wildman–Crippen MR) is 115 cm³/mol. The number of ketones is 1. The highest BCUT2D eigenvalue weighted by molar-refractivity contribution is 6.09. The fraction of sp³-hybridized carbons (Fsp3) is 0.182. The maximum atomic E-state index is 13.3. The Labute approximate surface area is 176 Å². The number of hydrogen-bond donors (Lipinski definition) is 1. The number of carbonyl (C=O) groups is 1. The van der Waals surface area contributed by atoms with Crippen molar-refractivity contribution in [3.63, 3.8) is 0 Å². The van der Waals surface area contributed by atoms with Crippen LogP contribution in [0.3, 0.4) is 0 Å². The predicted octanol–water partition coefficient (Wildman–Crippen LogP) is 4.74. The van der Waals surface area contributed by atoms with E-state index >= 15 is 0 Å². The lowest BCUT2D eigenvalue weighted by atomic mass is 9.87. The summed E-state index contributed by atoms with van der Waals surface area (Å²) in [5.41, 5.74) is 0.974.